The molecule has 2 aromatic heterocycles. The third-order valence-corrected chi connectivity index (χ3v) is 5.63. The molecule has 1 N–H and O–H groups in total. The molecule has 0 amide bonds. The molecule has 0 radical (unpaired) electrons. The van der Waals surface area contributed by atoms with Gasteiger partial charge in [-0.25, -0.2) is 14.2 Å². The molecule has 3 heterocycles. The highest BCUT2D eigenvalue weighted by molar-refractivity contribution is 5.67. The van der Waals surface area contributed by atoms with Gasteiger partial charge in [-0.1, -0.05) is 36.8 Å². The average molecular weight is 415 g/mol. The van der Waals surface area contributed by atoms with Crippen LogP contribution in [0.5, 0.6) is 0 Å². The van der Waals surface area contributed by atoms with Crippen molar-refractivity contribution in [1.29, 1.82) is 0 Å². The minimum absolute atomic E-state index is 0.00524. The van der Waals surface area contributed by atoms with E-state index in [4.69, 9.17) is 4.98 Å². The second-order valence-electron chi connectivity index (χ2n) is 7.65. The number of hydrogen-bond acceptors (Lipinski definition) is 5. The van der Waals surface area contributed by atoms with E-state index in [0.29, 0.717) is 22.1 Å². The first-order chi connectivity index (χ1) is 15.1. The Morgan fingerprint density at radius 1 is 1.03 bits per heavy atom. The van der Waals surface area contributed by atoms with Gasteiger partial charge in [-0.15, -0.1) is 0 Å². The summed E-state index contributed by atoms with van der Waals surface area (Å²) in [5.74, 6) is 0. The third-order valence-electron chi connectivity index (χ3n) is 5.63. The van der Waals surface area contributed by atoms with Crippen LogP contribution in [0.4, 0.5) is 5.69 Å². The van der Waals surface area contributed by atoms with E-state index < -0.39 is 4.92 Å². The topological polar surface area (TPSA) is 94.5 Å². The van der Waals surface area contributed by atoms with Crippen LogP contribution in [0.25, 0.3) is 28.3 Å². The first kappa shape index (κ1) is 19.0. The number of benzene rings is 2. The number of para-hydroxylation sites is 1. The van der Waals surface area contributed by atoms with Crippen molar-refractivity contribution in [3.63, 3.8) is 0 Å². The quantitative estimate of drug-likeness (QED) is 0.410. The van der Waals surface area contributed by atoms with E-state index >= 15 is 0 Å². The summed E-state index contributed by atoms with van der Waals surface area (Å²) in [6, 6.07) is 15.8. The molecule has 0 aliphatic carbocycles. The Hall–Kier alpha value is -3.94. The number of fused-ring (bicyclic) bond motifs is 1. The first-order valence-electron chi connectivity index (χ1n) is 10.3. The fraction of sp³-hybridized carbons (Fsp3) is 0.217. The molecule has 1 aliphatic rings. The molecule has 8 heteroatoms. The smallest absolute Gasteiger partial charge is 0.283 e. The van der Waals surface area contributed by atoms with Crippen molar-refractivity contribution >= 4 is 17.0 Å². The van der Waals surface area contributed by atoms with Crippen LogP contribution >= 0.6 is 0 Å². The van der Waals surface area contributed by atoms with Crippen LogP contribution in [0.1, 0.15) is 25.7 Å². The zero-order valence-corrected chi connectivity index (χ0v) is 16.8. The molecule has 8 nitrogen and oxygen atoms in total. The van der Waals surface area contributed by atoms with Crippen LogP contribution in [-0.4, -0.2) is 25.6 Å². The Morgan fingerprint density at radius 3 is 2.68 bits per heavy atom. The van der Waals surface area contributed by atoms with Crippen LogP contribution in [-0.2, 0) is 0 Å². The molecule has 31 heavy (non-hydrogen) atoms. The fourth-order valence-corrected chi connectivity index (χ4v) is 4.13. The highest BCUT2D eigenvalue weighted by Crippen LogP contribution is 2.23. The number of imidazole rings is 1. The largest absolute Gasteiger partial charge is 0.388 e. The number of nitro benzene ring substituents is 1. The molecule has 5 rings (SSSR count). The summed E-state index contributed by atoms with van der Waals surface area (Å²) >= 11 is 0. The van der Waals surface area contributed by atoms with Gasteiger partial charge in [-0.05, 0) is 31.4 Å². The van der Waals surface area contributed by atoms with E-state index in [9.17, 15) is 14.9 Å². The molecule has 1 fully saturated rings. The van der Waals surface area contributed by atoms with E-state index in [-0.39, 0.29) is 11.2 Å². The number of rotatable bonds is 3. The summed E-state index contributed by atoms with van der Waals surface area (Å²) in [4.78, 5) is 29.0. The molecule has 1 saturated heterocycles. The predicted molar refractivity (Wildman–Crippen MR) is 118 cm³/mol. The van der Waals surface area contributed by atoms with E-state index in [2.05, 4.69) is 5.32 Å². The number of hydrogen-bond donors (Lipinski definition) is 1. The number of non-ortho nitro benzene ring substituents is 1. The van der Waals surface area contributed by atoms with Gasteiger partial charge in [0.05, 0.1) is 22.5 Å². The van der Waals surface area contributed by atoms with Crippen LogP contribution in [0.2, 0.25) is 0 Å². The molecular weight excluding hydrogens is 394 g/mol. The number of nitrogens with one attached hydrogen (secondary N) is 1. The molecule has 2 aromatic carbocycles. The minimum Gasteiger partial charge on any atom is -0.388 e. The molecule has 0 atom stereocenters. The lowest BCUT2D eigenvalue weighted by atomic mass is 10.1. The molecule has 156 valence electrons. The fourth-order valence-electron chi connectivity index (χ4n) is 4.13. The van der Waals surface area contributed by atoms with Gasteiger partial charge < -0.3 is 5.32 Å². The maximum Gasteiger partial charge on any atom is 0.283 e. The van der Waals surface area contributed by atoms with Crippen molar-refractivity contribution in [2.24, 2.45) is 0 Å². The Kier molecular flexibility index (Phi) is 4.74. The average Bonchev–Trinajstić information content (AvgIpc) is 3.18. The summed E-state index contributed by atoms with van der Waals surface area (Å²) in [6.45, 7) is 0.829. The van der Waals surface area contributed by atoms with Gasteiger partial charge in [0, 0.05) is 29.9 Å². The van der Waals surface area contributed by atoms with Crippen LogP contribution in [0, 0.1) is 10.1 Å². The van der Waals surface area contributed by atoms with Gasteiger partial charge in [0.25, 0.3) is 11.2 Å². The lowest BCUT2D eigenvalue weighted by Crippen LogP contribution is -2.33. The summed E-state index contributed by atoms with van der Waals surface area (Å²) in [5.41, 5.74) is 3.31. The first-order valence-corrected chi connectivity index (χ1v) is 10.3. The Morgan fingerprint density at radius 2 is 1.87 bits per heavy atom. The van der Waals surface area contributed by atoms with E-state index in [1.54, 1.807) is 27.5 Å². The molecule has 0 bridgehead atoms. The van der Waals surface area contributed by atoms with Crippen molar-refractivity contribution in [3.8, 4) is 16.9 Å². The second-order valence-corrected chi connectivity index (χ2v) is 7.65. The molecule has 0 saturated carbocycles. The Labute approximate surface area is 177 Å². The van der Waals surface area contributed by atoms with Gasteiger partial charge >= 0.3 is 0 Å². The van der Waals surface area contributed by atoms with Crippen LogP contribution in [0.3, 0.4) is 0 Å². The highest BCUT2D eigenvalue weighted by atomic mass is 16.6. The molecule has 4 aromatic rings. The predicted octanol–water partition coefficient (Wildman–Crippen LogP) is 3.05. The summed E-state index contributed by atoms with van der Waals surface area (Å²) in [5, 5.41) is 15.2. The van der Waals surface area contributed by atoms with Crippen molar-refractivity contribution < 1.29 is 4.92 Å². The SMILES string of the molecule is O=c1/c(=C2\CCCCCN2)c2nc(-c3cccc([N+](=O)[O-])c3)cn2n1-c1ccccc1. The van der Waals surface area contributed by atoms with E-state index in [1.165, 1.54) is 12.1 Å². The monoisotopic (exact) mass is 415 g/mol. The van der Waals surface area contributed by atoms with Crippen LogP contribution in [0.15, 0.2) is 65.6 Å². The van der Waals surface area contributed by atoms with Crippen molar-refractivity contribution in [2.45, 2.75) is 25.7 Å². The summed E-state index contributed by atoms with van der Waals surface area (Å²) < 4.78 is 3.36. The molecule has 0 unspecified atom stereocenters. The van der Waals surface area contributed by atoms with Gasteiger partial charge in [0.1, 0.15) is 5.22 Å². The van der Waals surface area contributed by atoms with Crippen molar-refractivity contribution in [2.75, 3.05) is 6.54 Å². The van der Waals surface area contributed by atoms with Crippen molar-refractivity contribution in [1.82, 2.24) is 19.5 Å². The number of nitro groups is 1. The Balaban J connectivity index is 1.80. The highest BCUT2D eigenvalue weighted by Gasteiger charge is 2.20. The number of aromatic nitrogens is 3. The number of nitrogens with zero attached hydrogens (tertiary/aromatic N) is 4. The lowest BCUT2D eigenvalue weighted by molar-refractivity contribution is -0.384. The maximum atomic E-state index is 13.5. The minimum atomic E-state index is -0.421. The van der Waals surface area contributed by atoms with E-state index in [1.807, 2.05) is 30.3 Å². The Bertz CT molecular complexity index is 1380. The summed E-state index contributed by atoms with van der Waals surface area (Å²) in [6.07, 6.45) is 5.77. The molecule has 1 aliphatic heterocycles. The van der Waals surface area contributed by atoms with Crippen molar-refractivity contribution in [3.05, 3.63) is 86.5 Å². The normalized spacial score (nSPS) is 16.1. The van der Waals surface area contributed by atoms with Gasteiger partial charge in [0.2, 0.25) is 0 Å². The van der Waals surface area contributed by atoms with Crippen LogP contribution < -0.4 is 16.1 Å². The van der Waals surface area contributed by atoms with Gasteiger partial charge in [-0.2, -0.15) is 0 Å². The molecule has 0 spiro atoms. The van der Waals surface area contributed by atoms with E-state index in [0.717, 1.165) is 43.6 Å². The summed E-state index contributed by atoms with van der Waals surface area (Å²) in [7, 11) is 0. The third kappa shape index (κ3) is 3.35. The molecular formula is C23H21N5O3. The second kappa shape index (κ2) is 7.71. The standard InChI is InChI=1S/C23H21N5O3/c29-23-21(19-12-5-2-6-13-24-19)22-25-20(16-8-7-11-18(14-16)28(30)31)15-26(22)27(23)17-9-3-1-4-10-17/h1,3-4,7-11,14-15,24H,2,5-6,12-13H2/b21-19+. The lowest BCUT2D eigenvalue weighted by Gasteiger charge is -2.04. The van der Waals surface area contributed by atoms with Gasteiger partial charge in [0.15, 0.2) is 5.65 Å². The zero-order valence-electron chi connectivity index (χ0n) is 16.8. The zero-order chi connectivity index (χ0) is 21.4. The van der Waals surface area contributed by atoms with Gasteiger partial charge in [-0.3, -0.25) is 14.9 Å². The maximum absolute atomic E-state index is 13.5.